The largest absolute Gasteiger partial charge is 0.377 e. The molecule has 0 spiro atoms. The summed E-state index contributed by atoms with van der Waals surface area (Å²) < 4.78 is 5.44. The van der Waals surface area contributed by atoms with Crippen molar-refractivity contribution in [2.75, 3.05) is 6.61 Å². The molecule has 0 bridgehead atoms. The summed E-state index contributed by atoms with van der Waals surface area (Å²) in [7, 11) is 0. The van der Waals surface area contributed by atoms with Crippen molar-refractivity contribution >= 4 is 17.4 Å². The van der Waals surface area contributed by atoms with Crippen molar-refractivity contribution in [2.24, 2.45) is 0 Å². The van der Waals surface area contributed by atoms with Gasteiger partial charge in [-0.2, -0.15) is 0 Å². The first kappa shape index (κ1) is 12.3. The van der Waals surface area contributed by atoms with Crippen LogP contribution in [-0.2, 0) is 4.74 Å². The average Bonchev–Trinajstić information content (AvgIpc) is 2.67. The van der Waals surface area contributed by atoms with Crippen LogP contribution in [-0.4, -0.2) is 27.9 Å². The number of ether oxygens (including phenoxy) is 1. The second-order valence-corrected chi connectivity index (χ2v) is 5.34. The predicted octanol–water partition coefficient (Wildman–Crippen LogP) is 2.57. The average molecular weight is 254 g/mol. The van der Waals surface area contributed by atoms with Crippen LogP contribution in [0.25, 0.3) is 0 Å². The Morgan fingerprint density at radius 2 is 2.41 bits per heavy atom. The lowest BCUT2D eigenvalue weighted by Crippen LogP contribution is -2.13. The molecular weight excluding hydrogens is 240 g/mol. The molecule has 0 radical (unpaired) electrons. The molecule has 1 aliphatic heterocycles. The molecular formula is C11H14N2O3S. The van der Waals surface area contributed by atoms with Crippen molar-refractivity contribution in [1.82, 2.24) is 4.98 Å². The van der Waals surface area contributed by atoms with Gasteiger partial charge in [0.25, 0.3) is 0 Å². The molecule has 5 nitrogen and oxygen atoms in total. The SMILES string of the molecule is Cc1cnc(S[C@@H]2CCO[C@H]2C)c([N+](=O)[O-])c1. The van der Waals surface area contributed by atoms with Gasteiger partial charge in [0.15, 0.2) is 5.03 Å². The Labute approximate surface area is 104 Å². The monoisotopic (exact) mass is 254 g/mol. The molecule has 1 aromatic rings. The maximum Gasteiger partial charge on any atom is 0.301 e. The van der Waals surface area contributed by atoms with Crippen LogP contribution in [0.2, 0.25) is 0 Å². The van der Waals surface area contributed by atoms with Crippen LogP contribution in [0.4, 0.5) is 5.69 Å². The molecule has 1 saturated heterocycles. The standard InChI is InChI=1S/C11H14N2O3S/c1-7-5-9(13(14)15)11(12-6-7)17-10-3-4-16-8(10)2/h5-6,8,10H,3-4H2,1-2H3/t8-,10+/m0/s1. The molecule has 92 valence electrons. The predicted molar refractivity (Wildman–Crippen MR) is 65.3 cm³/mol. The summed E-state index contributed by atoms with van der Waals surface area (Å²) in [5, 5.41) is 11.7. The molecule has 2 rings (SSSR count). The van der Waals surface area contributed by atoms with E-state index < -0.39 is 0 Å². The van der Waals surface area contributed by atoms with Gasteiger partial charge in [0.1, 0.15) is 0 Å². The van der Waals surface area contributed by atoms with E-state index in [1.54, 1.807) is 19.2 Å². The highest BCUT2D eigenvalue weighted by molar-refractivity contribution is 8.00. The van der Waals surface area contributed by atoms with Crippen LogP contribution in [0.1, 0.15) is 18.9 Å². The van der Waals surface area contributed by atoms with Gasteiger partial charge in [0.05, 0.1) is 11.0 Å². The fourth-order valence-electron chi connectivity index (χ4n) is 1.77. The van der Waals surface area contributed by atoms with E-state index in [1.165, 1.54) is 11.8 Å². The number of rotatable bonds is 3. The van der Waals surface area contributed by atoms with Crippen LogP contribution < -0.4 is 0 Å². The van der Waals surface area contributed by atoms with Gasteiger partial charge in [-0.1, -0.05) is 11.8 Å². The Morgan fingerprint density at radius 1 is 1.65 bits per heavy atom. The summed E-state index contributed by atoms with van der Waals surface area (Å²) in [6.45, 7) is 4.51. The topological polar surface area (TPSA) is 65.3 Å². The van der Waals surface area contributed by atoms with Crippen molar-refractivity contribution in [2.45, 2.75) is 36.6 Å². The van der Waals surface area contributed by atoms with Crippen LogP contribution in [0.15, 0.2) is 17.3 Å². The van der Waals surface area contributed by atoms with Gasteiger partial charge < -0.3 is 4.74 Å². The summed E-state index contributed by atoms with van der Waals surface area (Å²) in [5.41, 5.74) is 0.894. The number of pyridine rings is 1. The zero-order valence-corrected chi connectivity index (χ0v) is 10.6. The number of nitro groups is 1. The van der Waals surface area contributed by atoms with Crippen molar-refractivity contribution in [3.63, 3.8) is 0 Å². The van der Waals surface area contributed by atoms with Gasteiger partial charge in [-0.25, -0.2) is 4.98 Å². The Bertz CT molecular complexity index is 439. The zero-order chi connectivity index (χ0) is 12.4. The lowest BCUT2D eigenvalue weighted by molar-refractivity contribution is -0.388. The summed E-state index contributed by atoms with van der Waals surface area (Å²) >= 11 is 1.45. The van der Waals surface area contributed by atoms with Crippen LogP contribution >= 0.6 is 11.8 Å². The van der Waals surface area contributed by atoms with Gasteiger partial charge in [-0.15, -0.1) is 0 Å². The molecule has 0 saturated carbocycles. The molecule has 0 amide bonds. The van der Waals surface area contributed by atoms with Crippen molar-refractivity contribution in [3.05, 3.63) is 27.9 Å². The van der Waals surface area contributed by atoms with Crippen molar-refractivity contribution in [1.29, 1.82) is 0 Å². The molecule has 1 fully saturated rings. The third kappa shape index (κ3) is 2.76. The third-order valence-corrected chi connectivity index (χ3v) is 4.19. The first-order chi connectivity index (χ1) is 8.08. The summed E-state index contributed by atoms with van der Waals surface area (Å²) in [6.07, 6.45) is 2.71. The van der Waals surface area contributed by atoms with E-state index in [-0.39, 0.29) is 22.0 Å². The van der Waals surface area contributed by atoms with Crippen LogP contribution in [0.5, 0.6) is 0 Å². The molecule has 6 heteroatoms. The lowest BCUT2D eigenvalue weighted by atomic mass is 10.3. The van der Waals surface area contributed by atoms with Gasteiger partial charge in [0.2, 0.25) is 0 Å². The third-order valence-electron chi connectivity index (χ3n) is 2.74. The molecule has 0 aromatic carbocycles. The van der Waals surface area contributed by atoms with E-state index in [1.807, 2.05) is 6.92 Å². The van der Waals surface area contributed by atoms with E-state index in [0.717, 1.165) is 18.6 Å². The second-order valence-electron chi connectivity index (χ2n) is 4.11. The smallest absolute Gasteiger partial charge is 0.301 e. The second kappa shape index (κ2) is 5.01. The number of aryl methyl sites for hydroxylation is 1. The van der Waals surface area contributed by atoms with Crippen LogP contribution in [0, 0.1) is 17.0 Å². The van der Waals surface area contributed by atoms with E-state index >= 15 is 0 Å². The Kier molecular flexibility index (Phi) is 3.63. The number of nitrogens with zero attached hydrogens (tertiary/aromatic N) is 2. The normalized spacial score (nSPS) is 23.9. The molecule has 0 unspecified atom stereocenters. The van der Waals surface area contributed by atoms with Gasteiger partial charge in [-0.05, 0) is 25.8 Å². The quantitative estimate of drug-likeness (QED) is 0.612. The summed E-state index contributed by atoms with van der Waals surface area (Å²) in [5.74, 6) is 0. The number of hydrogen-bond donors (Lipinski definition) is 0. The first-order valence-electron chi connectivity index (χ1n) is 5.47. The first-order valence-corrected chi connectivity index (χ1v) is 6.35. The van der Waals surface area contributed by atoms with Gasteiger partial charge in [-0.3, -0.25) is 10.1 Å². The van der Waals surface area contributed by atoms with E-state index in [2.05, 4.69) is 4.98 Å². The highest BCUT2D eigenvalue weighted by Crippen LogP contribution is 2.36. The highest BCUT2D eigenvalue weighted by atomic mass is 32.2. The summed E-state index contributed by atoms with van der Waals surface area (Å²) in [6, 6.07) is 1.57. The molecule has 1 aromatic heterocycles. The van der Waals surface area contributed by atoms with E-state index in [0.29, 0.717) is 5.03 Å². The molecule has 17 heavy (non-hydrogen) atoms. The fraction of sp³-hybridized carbons (Fsp3) is 0.545. The molecule has 2 atom stereocenters. The van der Waals surface area contributed by atoms with Gasteiger partial charge >= 0.3 is 5.69 Å². The zero-order valence-electron chi connectivity index (χ0n) is 9.75. The van der Waals surface area contributed by atoms with Gasteiger partial charge in [0, 0.05) is 24.1 Å². The molecule has 1 aliphatic rings. The number of thioether (sulfide) groups is 1. The maximum atomic E-state index is 11.0. The van der Waals surface area contributed by atoms with E-state index in [9.17, 15) is 10.1 Å². The highest BCUT2D eigenvalue weighted by Gasteiger charge is 2.28. The number of hydrogen-bond acceptors (Lipinski definition) is 5. The maximum absolute atomic E-state index is 11.0. The fourth-order valence-corrected chi connectivity index (χ4v) is 2.91. The Balaban J connectivity index is 2.22. The minimum atomic E-state index is -0.372. The van der Waals surface area contributed by atoms with E-state index in [4.69, 9.17) is 4.74 Å². The lowest BCUT2D eigenvalue weighted by Gasteiger charge is -2.12. The van der Waals surface area contributed by atoms with Crippen LogP contribution in [0.3, 0.4) is 0 Å². The Morgan fingerprint density at radius 3 is 3.00 bits per heavy atom. The molecule has 0 aliphatic carbocycles. The summed E-state index contributed by atoms with van der Waals surface area (Å²) in [4.78, 5) is 14.7. The minimum absolute atomic E-state index is 0.0918. The van der Waals surface area contributed by atoms with Crippen molar-refractivity contribution < 1.29 is 9.66 Å². The van der Waals surface area contributed by atoms with Crippen molar-refractivity contribution in [3.8, 4) is 0 Å². The molecule has 0 N–H and O–H groups in total. The number of aromatic nitrogens is 1. The molecule has 2 heterocycles. The minimum Gasteiger partial charge on any atom is -0.377 e. The Hall–Kier alpha value is -1.14.